The Hall–Kier alpha value is 0.488. The van der Waals surface area contributed by atoms with Crippen LogP contribution in [-0.2, 0) is 37.5 Å². The average molecular weight is 180 g/mol. The van der Waals surface area contributed by atoms with E-state index in [4.69, 9.17) is 0 Å². The molecule has 6 heavy (non-hydrogen) atoms. The Morgan fingerprint density at radius 2 is 0.500 bits per heavy atom. The summed E-state index contributed by atoms with van der Waals surface area (Å²) in [5.41, 5.74) is 0. The first kappa shape index (κ1) is 820. The first-order chi connectivity index (χ1) is 0. The standard InChI is InChI=1S/Mo.2H2O.3O/h;2*1H2;;;/q;;;3*-2. The Balaban J connectivity index is 0. The fourth-order valence-corrected chi connectivity index (χ4v) is 0. The molecule has 0 spiro atoms. The van der Waals surface area contributed by atoms with Crippen molar-refractivity contribution in [3.8, 4) is 0 Å². The summed E-state index contributed by atoms with van der Waals surface area (Å²) in [6.45, 7) is 0. The summed E-state index contributed by atoms with van der Waals surface area (Å²) in [4.78, 5) is 0. The third-order valence-electron chi connectivity index (χ3n) is 0. The van der Waals surface area contributed by atoms with Crippen molar-refractivity contribution < 1.29 is 48.4 Å². The van der Waals surface area contributed by atoms with Gasteiger partial charge in [0.05, 0.1) is 0 Å². The summed E-state index contributed by atoms with van der Waals surface area (Å²) in [6, 6.07) is 0. The molecule has 0 aromatic carbocycles. The van der Waals surface area contributed by atoms with E-state index in [2.05, 4.69) is 0 Å². The van der Waals surface area contributed by atoms with E-state index in [0.717, 1.165) is 0 Å². The van der Waals surface area contributed by atoms with Crippen molar-refractivity contribution in [2.45, 2.75) is 0 Å². The SMILES string of the molecule is O.O.[Mo].[O-2].[O-2].[O-2]. The van der Waals surface area contributed by atoms with Gasteiger partial charge in [-0.15, -0.1) is 0 Å². The molecule has 6 heteroatoms. The molecule has 0 saturated heterocycles. The minimum absolute atomic E-state index is 0. The summed E-state index contributed by atoms with van der Waals surface area (Å²) in [6.07, 6.45) is 0. The van der Waals surface area contributed by atoms with Crippen LogP contribution in [0, 0.1) is 0 Å². The van der Waals surface area contributed by atoms with Gasteiger partial charge in [-0.25, -0.2) is 0 Å². The molecule has 0 atom stereocenters. The fourth-order valence-electron chi connectivity index (χ4n) is 0. The van der Waals surface area contributed by atoms with E-state index in [1.165, 1.54) is 0 Å². The summed E-state index contributed by atoms with van der Waals surface area (Å²) >= 11 is 0. The van der Waals surface area contributed by atoms with Gasteiger partial charge >= 0.3 is 0 Å². The molecule has 0 aromatic rings. The maximum atomic E-state index is 0. The quantitative estimate of drug-likeness (QED) is 0.378. The predicted molar refractivity (Wildman–Crippen MR) is 9.29 cm³/mol. The van der Waals surface area contributed by atoms with Gasteiger partial charge in [0.2, 0.25) is 0 Å². The summed E-state index contributed by atoms with van der Waals surface area (Å²) in [5, 5.41) is 0. The normalized spacial score (nSPS) is 0. The van der Waals surface area contributed by atoms with Crippen molar-refractivity contribution >= 4 is 0 Å². The molecular formula is H4MoO5-6. The average Bonchev–Trinajstić information content (AvgIpc) is 0. The molecule has 0 heterocycles. The van der Waals surface area contributed by atoms with Gasteiger partial charge in [-0.3, -0.25) is 0 Å². The molecule has 0 rings (SSSR count). The van der Waals surface area contributed by atoms with Crippen molar-refractivity contribution in [3.05, 3.63) is 0 Å². The molecular weight excluding hydrogens is 176 g/mol. The molecule has 0 aromatic heterocycles. The minimum atomic E-state index is 0. The van der Waals surface area contributed by atoms with Crippen molar-refractivity contribution in [3.63, 3.8) is 0 Å². The zero-order valence-electron chi connectivity index (χ0n) is 2.63. The Morgan fingerprint density at radius 1 is 0.500 bits per heavy atom. The molecule has 0 aliphatic carbocycles. The second-order valence-electron chi connectivity index (χ2n) is 0. The predicted octanol–water partition coefficient (Wildman–Crippen LogP) is -2.01. The molecule has 5 nitrogen and oxygen atoms in total. The minimum Gasteiger partial charge on any atom is -2.00 e. The van der Waals surface area contributed by atoms with Gasteiger partial charge in [-0.2, -0.15) is 0 Å². The van der Waals surface area contributed by atoms with E-state index in [1.807, 2.05) is 0 Å². The molecule has 0 amide bonds. The number of rotatable bonds is 0. The van der Waals surface area contributed by atoms with Crippen LogP contribution in [0.25, 0.3) is 0 Å². The zero-order valence-corrected chi connectivity index (χ0v) is 4.64. The van der Waals surface area contributed by atoms with Gasteiger partial charge in [0.15, 0.2) is 0 Å². The maximum absolute atomic E-state index is 0. The molecule has 0 unspecified atom stereocenters. The zero-order chi connectivity index (χ0) is 0. The van der Waals surface area contributed by atoms with Crippen LogP contribution >= 0.6 is 0 Å². The molecule has 0 radical (unpaired) electrons. The summed E-state index contributed by atoms with van der Waals surface area (Å²) in [7, 11) is 0. The molecule has 0 aliphatic heterocycles. The molecule has 0 bridgehead atoms. The molecule has 0 fully saturated rings. The number of hydrogen-bond acceptors (Lipinski definition) is 0. The number of hydrogen-bond donors (Lipinski definition) is 0. The largest absolute Gasteiger partial charge is 2.00 e. The topological polar surface area (TPSA) is 148 Å². The second kappa shape index (κ2) is 464. The van der Waals surface area contributed by atoms with E-state index in [9.17, 15) is 0 Å². The summed E-state index contributed by atoms with van der Waals surface area (Å²) < 4.78 is 0. The smallest absolute Gasteiger partial charge is 0 e. The van der Waals surface area contributed by atoms with Gasteiger partial charge in [0, 0.05) is 21.1 Å². The van der Waals surface area contributed by atoms with E-state index in [0.29, 0.717) is 0 Å². The van der Waals surface area contributed by atoms with Gasteiger partial charge in [0.1, 0.15) is 0 Å². The van der Waals surface area contributed by atoms with Crippen molar-refractivity contribution in [2.75, 3.05) is 0 Å². The third kappa shape index (κ3) is 229. The monoisotopic (exact) mass is 182 g/mol. The Bertz CT molecular complexity index is 3.90. The maximum Gasteiger partial charge on any atom is 0 e. The Labute approximate surface area is 49.2 Å². The van der Waals surface area contributed by atoms with Crippen LogP contribution in [0.1, 0.15) is 0 Å². The van der Waals surface area contributed by atoms with E-state index in [1.54, 1.807) is 0 Å². The van der Waals surface area contributed by atoms with Crippen LogP contribution in [0.3, 0.4) is 0 Å². The molecule has 0 aliphatic rings. The Kier molecular flexibility index (Phi) is 63300. The van der Waals surface area contributed by atoms with Crippen molar-refractivity contribution in [1.82, 2.24) is 0 Å². The van der Waals surface area contributed by atoms with Crippen LogP contribution in [0.15, 0.2) is 0 Å². The third-order valence-corrected chi connectivity index (χ3v) is 0. The van der Waals surface area contributed by atoms with Gasteiger partial charge < -0.3 is 27.4 Å². The second-order valence-corrected chi connectivity index (χ2v) is 0. The van der Waals surface area contributed by atoms with Crippen LogP contribution in [-0.4, -0.2) is 11.0 Å². The molecule has 46 valence electrons. The van der Waals surface area contributed by atoms with E-state index >= 15 is 0 Å². The van der Waals surface area contributed by atoms with Gasteiger partial charge in [0.25, 0.3) is 0 Å². The molecule has 4 N–H and O–H groups in total. The van der Waals surface area contributed by atoms with Crippen LogP contribution in [0.4, 0.5) is 0 Å². The van der Waals surface area contributed by atoms with Gasteiger partial charge in [-0.05, 0) is 0 Å². The van der Waals surface area contributed by atoms with Crippen LogP contribution in [0.2, 0.25) is 0 Å². The van der Waals surface area contributed by atoms with E-state index in [-0.39, 0.29) is 48.4 Å². The Morgan fingerprint density at radius 3 is 0.500 bits per heavy atom. The van der Waals surface area contributed by atoms with Crippen LogP contribution in [0.5, 0.6) is 0 Å². The molecule has 0 saturated carbocycles. The van der Waals surface area contributed by atoms with E-state index < -0.39 is 0 Å². The van der Waals surface area contributed by atoms with Crippen molar-refractivity contribution in [2.24, 2.45) is 0 Å². The van der Waals surface area contributed by atoms with Crippen LogP contribution < -0.4 is 0 Å². The first-order valence-corrected chi connectivity index (χ1v) is 0. The fraction of sp³-hybridized carbons (Fsp3) is 0. The summed E-state index contributed by atoms with van der Waals surface area (Å²) in [5.74, 6) is 0. The van der Waals surface area contributed by atoms with Gasteiger partial charge in [-0.1, -0.05) is 0 Å². The van der Waals surface area contributed by atoms with Crippen molar-refractivity contribution in [1.29, 1.82) is 0 Å². The first-order valence-electron chi connectivity index (χ1n) is 0.